The Labute approximate surface area is 305 Å². The molecule has 0 spiro atoms. The van der Waals surface area contributed by atoms with Crippen molar-refractivity contribution in [2.24, 2.45) is 5.92 Å². The molecule has 0 aliphatic carbocycles. The first-order valence-corrected chi connectivity index (χ1v) is 17.9. The number of alkyl carbamates (subject to hydrolysis) is 1. The molecule has 11 nitrogen and oxygen atoms in total. The number of rotatable bonds is 18. The number of carbonyl (C=O) groups is 4. The molecule has 1 heterocycles. The Balaban J connectivity index is 1.58. The highest BCUT2D eigenvalue weighted by Crippen LogP contribution is 2.20. The fourth-order valence-electron chi connectivity index (χ4n) is 5.91. The third kappa shape index (κ3) is 12.5. The number of fused-ring (bicyclic) bond motifs is 1. The summed E-state index contributed by atoms with van der Waals surface area (Å²) in [6, 6.07) is 23.2. The van der Waals surface area contributed by atoms with Gasteiger partial charge in [-0.1, -0.05) is 93.6 Å². The van der Waals surface area contributed by atoms with Crippen LogP contribution in [-0.4, -0.2) is 64.2 Å². The Bertz CT molecular complexity index is 1750. The van der Waals surface area contributed by atoms with Crippen molar-refractivity contribution in [3.05, 3.63) is 114 Å². The summed E-state index contributed by atoms with van der Waals surface area (Å²) in [6.45, 7) is 7.77. The van der Waals surface area contributed by atoms with Gasteiger partial charge in [0.15, 0.2) is 0 Å². The third-order valence-corrected chi connectivity index (χ3v) is 8.88. The molecule has 5 atom stereocenters. The maximum atomic E-state index is 14.2. The Kier molecular flexibility index (Phi) is 15.1. The number of carbonyl (C=O) groups excluding carboxylic acids is 4. The van der Waals surface area contributed by atoms with Crippen LogP contribution in [0.1, 0.15) is 63.6 Å². The molecule has 11 heteroatoms. The average Bonchev–Trinajstić information content (AvgIpc) is 3.13. The molecule has 2 unspecified atom stereocenters. The van der Waals surface area contributed by atoms with Gasteiger partial charge in [0.1, 0.15) is 18.7 Å². The summed E-state index contributed by atoms with van der Waals surface area (Å²) in [5.41, 5.74) is 2.36. The Morgan fingerprint density at radius 1 is 0.731 bits per heavy atom. The second-order valence-electron chi connectivity index (χ2n) is 13.6. The van der Waals surface area contributed by atoms with E-state index in [4.69, 9.17) is 4.74 Å². The number of aromatic nitrogens is 1. The van der Waals surface area contributed by atoms with E-state index >= 15 is 0 Å². The van der Waals surface area contributed by atoms with Crippen LogP contribution in [0.3, 0.4) is 0 Å². The minimum atomic E-state index is -1.16. The van der Waals surface area contributed by atoms with E-state index in [-0.39, 0.29) is 43.7 Å². The first-order chi connectivity index (χ1) is 25.0. The third-order valence-electron chi connectivity index (χ3n) is 8.88. The molecule has 0 aliphatic rings. The van der Waals surface area contributed by atoms with Crippen molar-refractivity contribution in [3.8, 4) is 0 Å². The fraction of sp³-hybridized carbons (Fsp3) is 0.390. The van der Waals surface area contributed by atoms with E-state index < -0.39 is 42.1 Å². The predicted octanol–water partition coefficient (Wildman–Crippen LogP) is 5.00. The van der Waals surface area contributed by atoms with Gasteiger partial charge < -0.3 is 31.1 Å². The number of benzene rings is 3. The van der Waals surface area contributed by atoms with Crippen LogP contribution in [0.2, 0.25) is 0 Å². The molecule has 1 aromatic heterocycles. The number of pyridine rings is 1. The Morgan fingerprint density at radius 2 is 1.38 bits per heavy atom. The van der Waals surface area contributed by atoms with Gasteiger partial charge in [0.05, 0.1) is 18.6 Å². The zero-order chi connectivity index (χ0) is 37.5. The summed E-state index contributed by atoms with van der Waals surface area (Å²) < 4.78 is 5.48. The number of aliphatic hydroxyl groups excluding tert-OH is 1. The van der Waals surface area contributed by atoms with Gasteiger partial charge in [0, 0.05) is 31.3 Å². The maximum Gasteiger partial charge on any atom is 0.408 e. The molecular weight excluding hydrogens is 658 g/mol. The van der Waals surface area contributed by atoms with Gasteiger partial charge in [-0.05, 0) is 65.3 Å². The summed E-state index contributed by atoms with van der Waals surface area (Å²) in [7, 11) is 0. The van der Waals surface area contributed by atoms with E-state index in [1.165, 1.54) is 0 Å². The average molecular weight is 710 g/mol. The summed E-state index contributed by atoms with van der Waals surface area (Å²) in [4.78, 5) is 58.1. The molecule has 0 saturated carbocycles. The fourth-order valence-corrected chi connectivity index (χ4v) is 5.91. The van der Waals surface area contributed by atoms with E-state index in [0.29, 0.717) is 6.42 Å². The molecule has 276 valence electrons. The topological polar surface area (TPSA) is 159 Å². The molecule has 0 fully saturated rings. The van der Waals surface area contributed by atoms with E-state index in [2.05, 4.69) is 26.3 Å². The van der Waals surface area contributed by atoms with Gasteiger partial charge in [0.25, 0.3) is 0 Å². The second-order valence-corrected chi connectivity index (χ2v) is 13.6. The van der Waals surface area contributed by atoms with Crippen molar-refractivity contribution in [2.75, 3.05) is 0 Å². The quantitative estimate of drug-likeness (QED) is 0.0973. The van der Waals surface area contributed by atoms with Crippen LogP contribution in [0.5, 0.6) is 0 Å². The van der Waals surface area contributed by atoms with Crippen LogP contribution < -0.4 is 21.3 Å². The van der Waals surface area contributed by atoms with E-state index in [1.807, 2.05) is 100 Å². The summed E-state index contributed by atoms with van der Waals surface area (Å²) in [6.07, 6.45) is 2.44. The van der Waals surface area contributed by atoms with Crippen molar-refractivity contribution < 1.29 is 29.0 Å². The first-order valence-electron chi connectivity index (χ1n) is 17.9. The number of hydrogen-bond donors (Lipinski definition) is 5. The molecule has 0 saturated heterocycles. The zero-order valence-electron chi connectivity index (χ0n) is 30.4. The summed E-state index contributed by atoms with van der Waals surface area (Å²) in [5, 5.41) is 24.5. The molecular formula is C41H51N5O6. The van der Waals surface area contributed by atoms with Crippen molar-refractivity contribution in [1.29, 1.82) is 0 Å². The number of nitrogens with one attached hydrogen (secondary N) is 4. The van der Waals surface area contributed by atoms with Crippen molar-refractivity contribution in [3.63, 3.8) is 0 Å². The normalized spacial score (nSPS) is 14.0. The Morgan fingerprint density at radius 3 is 2.10 bits per heavy atom. The SMILES string of the molecule is CCC(C)NC(=O)C[C@H](O)[C@H](CC(C)C)NC(=O)C(Cc1ccncc1)NC(=O)[C@H](Cc1cccc2ccccc12)NC(=O)OCc1ccccc1. The number of aliphatic hydroxyl groups is 1. The molecule has 5 N–H and O–H groups in total. The highest BCUT2D eigenvalue weighted by Gasteiger charge is 2.32. The van der Waals surface area contributed by atoms with E-state index in [9.17, 15) is 24.3 Å². The minimum absolute atomic E-state index is 0.0112. The van der Waals surface area contributed by atoms with E-state index in [1.54, 1.807) is 24.5 Å². The summed E-state index contributed by atoms with van der Waals surface area (Å²) >= 11 is 0. The second kappa shape index (κ2) is 19.9. The number of hydrogen-bond acceptors (Lipinski definition) is 7. The Hall–Kier alpha value is -5.29. The van der Waals surface area contributed by atoms with Crippen LogP contribution in [0.25, 0.3) is 10.8 Å². The molecule has 4 amide bonds. The van der Waals surface area contributed by atoms with Gasteiger partial charge in [-0.2, -0.15) is 0 Å². The molecule has 0 radical (unpaired) electrons. The predicted molar refractivity (Wildman–Crippen MR) is 201 cm³/mol. The highest BCUT2D eigenvalue weighted by atomic mass is 16.5. The lowest BCUT2D eigenvalue weighted by atomic mass is 9.95. The van der Waals surface area contributed by atoms with Gasteiger partial charge in [-0.25, -0.2) is 4.79 Å². The molecule has 3 aromatic carbocycles. The lowest BCUT2D eigenvalue weighted by molar-refractivity contribution is -0.131. The molecule has 4 rings (SSSR count). The lowest BCUT2D eigenvalue weighted by Gasteiger charge is -2.29. The van der Waals surface area contributed by atoms with Crippen molar-refractivity contribution in [1.82, 2.24) is 26.3 Å². The zero-order valence-corrected chi connectivity index (χ0v) is 30.4. The molecule has 52 heavy (non-hydrogen) atoms. The lowest BCUT2D eigenvalue weighted by Crippen LogP contribution is -2.57. The highest BCUT2D eigenvalue weighted by molar-refractivity contribution is 5.93. The first kappa shape index (κ1) is 39.5. The molecule has 0 bridgehead atoms. The number of nitrogens with zero attached hydrogens (tertiary/aromatic N) is 1. The summed E-state index contributed by atoms with van der Waals surface area (Å²) in [5.74, 6) is -1.35. The minimum Gasteiger partial charge on any atom is -0.445 e. The number of ether oxygens (including phenoxy) is 1. The van der Waals surface area contributed by atoms with Gasteiger partial charge in [0.2, 0.25) is 17.7 Å². The standard InChI is InChI=1S/C41H51N5O6/c1-5-28(4)43-38(48)25-37(47)34(22-27(2)3)44-39(49)35(23-29-18-20-42-21-19-29)45-40(50)36(46-41(51)52-26-30-12-7-6-8-13-30)24-32-16-11-15-31-14-9-10-17-33(31)32/h6-21,27-28,34-37,47H,5,22-26H2,1-4H3,(H,43,48)(H,44,49)(H,45,50)(H,46,51)/t28?,34-,35?,36-,37-/m0/s1. The van der Waals surface area contributed by atoms with E-state index in [0.717, 1.165) is 33.9 Å². The molecule has 0 aliphatic heterocycles. The van der Waals surface area contributed by atoms with Crippen molar-refractivity contribution >= 4 is 34.6 Å². The largest absolute Gasteiger partial charge is 0.445 e. The number of amides is 4. The van der Waals surface area contributed by atoms with Gasteiger partial charge in [-0.3, -0.25) is 19.4 Å². The van der Waals surface area contributed by atoms with Crippen LogP contribution >= 0.6 is 0 Å². The van der Waals surface area contributed by atoms with Crippen LogP contribution in [0.4, 0.5) is 4.79 Å². The van der Waals surface area contributed by atoms with Crippen LogP contribution in [0, 0.1) is 5.92 Å². The van der Waals surface area contributed by atoms with Crippen LogP contribution in [-0.2, 0) is 38.6 Å². The van der Waals surface area contributed by atoms with Gasteiger partial charge >= 0.3 is 6.09 Å². The molecule has 4 aromatic rings. The van der Waals surface area contributed by atoms with Crippen molar-refractivity contribution in [2.45, 2.75) is 96.7 Å². The van der Waals surface area contributed by atoms with Crippen LogP contribution in [0.15, 0.2) is 97.3 Å². The van der Waals surface area contributed by atoms with Gasteiger partial charge in [-0.15, -0.1) is 0 Å². The smallest absolute Gasteiger partial charge is 0.408 e. The monoisotopic (exact) mass is 709 g/mol. The maximum absolute atomic E-state index is 14.2.